The molecule has 0 saturated heterocycles. The maximum Gasteiger partial charge on any atom is 0.248 e. The lowest BCUT2D eigenvalue weighted by atomic mass is 10.1. The zero-order valence-corrected chi connectivity index (χ0v) is 16.2. The lowest BCUT2D eigenvalue weighted by Gasteiger charge is -2.10. The van der Waals surface area contributed by atoms with Gasteiger partial charge in [-0.3, -0.25) is 9.59 Å². The van der Waals surface area contributed by atoms with E-state index < -0.39 is 0 Å². The summed E-state index contributed by atoms with van der Waals surface area (Å²) in [5, 5.41) is 5.48. The van der Waals surface area contributed by atoms with Gasteiger partial charge >= 0.3 is 0 Å². The zero-order chi connectivity index (χ0) is 20.1. The second kappa shape index (κ2) is 8.61. The summed E-state index contributed by atoms with van der Waals surface area (Å²) in [6, 6.07) is 10.8. The number of nitrogens with one attached hydrogen (secondary N) is 2. The minimum Gasteiger partial charge on any atom is -0.493 e. The van der Waals surface area contributed by atoms with Gasteiger partial charge < -0.3 is 20.1 Å². The van der Waals surface area contributed by atoms with Crippen LogP contribution in [-0.4, -0.2) is 24.5 Å². The summed E-state index contributed by atoms with van der Waals surface area (Å²) < 4.78 is 11.5. The van der Waals surface area contributed by atoms with Crippen molar-refractivity contribution in [3.63, 3.8) is 0 Å². The fourth-order valence-corrected chi connectivity index (χ4v) is 3.06. The SMILES string of the molecule is CCOc1cc2c(cc1/C=C/C(=O)Nc1ccc(NC(C)=O)cc1)OC(C)C2. The molecule has 1 unspecified atom stereocenters. The van der Waals surface area contributed by atoms with Gasteiger partial charge in [0.25, 0.3) is 0 Å². The molecule has 1 aliphatic rings. The molecule has 3 rings (SSSR count). The molecule has 1 heterocycles. The van der Waals surface area contributed by atoms with Crippen molar-refractivity contribution in [3.05, 3.63) is 53.6 Å². The van der Waals surface area contributed by atoms with Gasteiger partial charge in [0, 0.05) is 41.9 Å². The maximum atomic E-state index is 12.3. The van der Waals surface area contributed by atoms with Crippen LogP contribution in [0.25, 0.3) is 6.08 Å². The molecular formula is C22H24N2O4. The van der Waals surface area contributed by atoms with Crippen LogP contribution in [0.4, 0.5) is 11.4 Å². The first kappa shape index (κ1) is 19.5. The monoisotopic (exact) mass is 380 g/mol. The average Bonchev–Trinajstić information content (AvgIpc) is 3.00. The van der Waals surface area contributed by atoms with Gasteiger partial charge in [-0.15, -0.1) is 0 Å². The predicted molar refractivity (Wildman–Crippen MR) is 110 cm³/mol. The highest BCUT2D eigenvalue weighted by Crippen LogP contribution is 2.35. The van der Waals surface area contributed by atoms with E-state index >= 15 is 0 Å². The van der Waals surface area contributed by atoms with Crippen molar-refractivity contribution < 1.29 is 19.1 Å². The molecule has 0 radical (unpaired) electrons. The van der Waals surface area contributed by atoms with E-state index in [1.54, 1.807) is 30.3 Å². The molecule has 0 bridgehead atoms. The summed E-state index contributed by atoms with van der Waals surface area (Å²) in [7, 11) is 0. The smallest absolute Gasteiger partial charge is 0.248 e. The Morgan fingerprint density at radius 3 is 2.50 bits per heavy atom. The van der Waals surface area contributed by atoms with Crippen LogP contribution >= 0.6 is 0 Å². The number of ether oxygens (including phenoxy) is 2. The molecule has 6 nitrogen and oxygen atoms in total. The van der Waals surface area contributed by atoms with E-state index in [1.807, 2.05) is 26.0 Å². The minimum absolute atomic E-state index is 0.141. The van der Waals surface area contributed by atoms with Crippen molar-refractivity contribution >= 4 is 29.3 Å². The number of hydrogen-bond donors (Lipinski definition) is 2. The Morgan fingerprint density at radius 1 is 1.18 bits per heavy atom. The molecule has 0 aromatic heterocycles. The fraction of sp³-hybridized carbons (Fsp3) is 0.273. The van der Waals surface area contributed by atoms with Crippen molar-refractivity contribution in [1.29, 1.82) is 0 Å². The average molecular weight is 380 g/mol. The van der Waals surface area contributed by atoms with Gasteiger partial charge in [-0.2, -0.15) is 0 Å². The standard InChI is InChI=1S/C22H24N2O4/c1-4-27-20-13-17-11-14(2)28-21(17)12-16(20)5-10-22(26)24-19-8-6-18(7-9-19)23-15(3)25/h5-10,12-14H,4,11H2,1-3H3,(H,23,25)(H,24,26)/b10-5+. The molecule has 2 aromatic carbocycles. The molecule has 2 amide bonds. The number of amides is 2. The van der Waals surface area contributed by atoms with Gasteiger partial charge in [0.05, 0.1) is 6.61 Å². The van der Waals surface area contributed by atoms with E-state index in [1.165, 1.54) is 13.0 Å². The first-order valence-corrected chi connectivity index (χ1v) is 9.27. The number of fused-ring (bicyclic) bond motifs is 1. The van der Waals surface area contributed by atoms with Crippen molar-refractivity contribution in [2.75, 3.05) is 17.2 Å². The van der Waals surface area contributed by atoms with E-state index in [0.29, 0.717) is 18.0 Å². The van der Waals surface area contributed by atoms with Gasteiger partial charge in [0.15, 0.2) is 0 Å². The van der Waals surface area contributed by atoms with Crippen LogP contribution in [0.2, 0.25) is 0 Å². The summed E-state index contributed by atoms with van der Waals surface area (Å²) in [5.74, 6) is 1.18. The van der Waals surface area contributed by atoms with Crippen LogP contribution < -0.4 is 20.1 Å². The van der Waals surface area contributed by atoms with E-state index in [-0.39, 0.29) is 17.9 Å². The van der Waals surface area contributed by atoms with Crippen molar-refractivity contribution in [2.24, 2.45) is 0 Å². The van der Waals surface area contributed by atoms with Gasteiger partial charge in [-0.25, -0.2) is 0 Å². The maximum absolute atomic E-state index is 12.3. The molecule has 0 fully saturated rings. The Hall–Kier alpha value is -3.28. The highest BCUT2D eigenvalue weighted by Gasteiger charge is 2.21. The number of rotatable bonds is 6. The second-order valence-electron chi connectivity index (χ2n) is 6.64. The summed E-state index contributed by atoms with van der Waals surface area (Å²) in [6.45, 7) is 5.95. The summed E-state index contributed by atoms with van der Waals surface area (Å²) in [5.41, 5.74) is 3.23. The third-order valence-electron chi connectivity index (χ3n) is 4.22. The van der Waals surface area contributed by atoms with Gasteiger partial charge in [-0.1, -0.05) is 0 Å². The van der Waals surface area contributed by atoms with Gasteiger partial charge in [0.1, 0.15) is 17.6 Å². The number of hydrogen-bond acceptors (Lipinski definition) is 4. The molecular weight excluding hydrogens is 356 g/mol. The molecule has 28 heavy (non-hydrogen) atoms. The Labute approximate surface area is 164 Å². The highest BCUT2D eigenvalue weighted by molar-refractivity contribution is 6.02. The van der Waals surface area contributed by atoms with E-state index in [9.17, 15) is 9.59 Å². The topological polar surface area (TPSA) is 76.7 Å². The normalized spacial score (nSPS) is 15.0. The van der Waals surface area contributed by atoms with Crippen LogP contribution in [0.15, 0.2) is 42.5 Å². The Morgan fingerprint density at radius 2 is 1.86 bits per heavy atom. The van der Waals surface area contributed by atoms with Gasteiger partial charge in [-0.05, 0) is 56.3 Å². The van der Waals surface area contributed by atoms with Crippen molar-refractivity contribution in [3.8, 4) is 11.5 Å². The third kappa shape index (κ3) is 4.91. The Bertz CT molecular complexity index is 903. The lowest BCUT2D eigenvalue weighted by Crippen LogP contribution is -2.08. The van der Waals surface area contributed by atoms with Crippen LogP contribution in [0.5, 0.6) is 11.5 Å². The Kier molecular flexibility index (Phi) is 5.99. The van der Waals surface area contributed by atoms with Crippen LogP contribution in [0, 0.1) is 0 Å². The number of anilines is 2. The third-order valence-corrected chi connectivity index (χ3v) is 4.22. The van der Waals surface area contributed by atoms with Crippen LogP contribution in [0.3, 0.4) is 0 Å². The molecule has 2 aromatic rings. The summed E-state index contributed by atoms with van der Waals surface area (Å²) in [4.78, 5) is 23.3. The largest absolute Gasteiger partial charge is 0.493 e. The number of benzene rings is 2. The van der Waals surface area contributed by atoms with E-state index in [2.05, 4.69) is 10.6 Å². The van der Waals surface area contributed by atoms with Crippen LogP contribution in [-0.2, 0) is 16.0 Å². The fourth-order valence-electron chi connectivity index (χ4n) is 3.06. The van der Waals surface area contributed by atoms with Crippen molar-refractivity contribution in [1.82, 2.24) is 0 Å². The quantitative estimate of drug-likeness (QED) is 0.742. The molecule has 6 heteroatoms. The first-order chi connectivity index (χ1) is 13.4. The molecule has 1 aliphatic heterocycles. The molecule has 0 spiro atoms. The Balaban J connectivity index is 1.70. The molecule has 2 N–H and O–H groups in total. The molecule has 146 valence electrons. The second-order valence-corrected chi connectivity index (χ2v) is 6.64. The minimum atomic E-state index is -0.260. The molecule has 1 atom stereocenters. The summed E-state index contributed by atoms with van der Waals surface area (Å²) in [6.07, 6.45) is 4.18. The predicted octanol–water partition coefficient (Wildman–Crippen LogP) is 4.02. The van der Waals surface area contributed by atoms with Gasteiger partial charge in [0.2, 0.25) is 11.8 Å². The molecule has 0 aliphatic carbocycles. The van der Waals surface area contributed by atoms with Crippen LogP contribution in [0.1, 0.15) is 31.9 Å². The number of carbonyl (C=O) groups is 2. The number of carbonyl (C=O) groups excluding carboxylic acids is 2. The first-order valence-electron chi connectivity index (χ1n) is 9.27. The zero-order valence-electron chi connectivity index (χ0n) is 16.2. The molecule has 0 saturated carbocycles. The summed E-state index contributed by atoms with van der Waals surface area (Å²) >= 11 is 0. The lowest BCUT2D eigenvalue weighted by molar-refractivity contribution is -0.114. The highest BCUT2D eigenvalue weighted by atomic mass is 16.5. The van der Waals surface area contributed by atoms with E-state index in [4.69, 9.17) is 9.47 Å². The van der Waals surface area contributed by atoms with E-state index in [0.717, 1.165) is 29.0 Å². The van der Waals surface area contributed by atoms with Crippen molar-refractivity contribution in [2.45, 2.75) is 33.3 Å².